The highest BCUT2D eigenvalue weighted by molar-refractivity contribution is 6.06. The third kappa shape index (κ3) is 3.08. The highest BCUT2D eigenvalue weighted by atomic mass is 16.2. The van der Waals surface area contributed by atoms with Gasteiger partial charge < -0.3 is 10.2 Å². The molecule has 3 aromatic rings. The van der Waals surface area contributed by atoms with E-state index in [9.17, 15) is 9.59 Å². The maximum Gasteiger partial charge on any atom is 0.250 e. The number of hydrogen-bond acceptors (Lipinski definition) is 2. The lowest BCUT2D eigenvalue weighted by molar-refractivity contribution is -0.127. The van der Waals surface area contributed by atoms with Gasteiger partial charge in [-0.05, 0) is 34.9 Å². The largest absolute Gasteiger partial charge is 0.344 e. The summed E-state index contributed by atoms with van der Waals surface area (Å²) in [5, 5.41) is 5.11. The fourth-order valence-electron chi connectivity index (χ4n) is 3.98. The third-order valence-electron chi connectivity index (χ3n) is 5.27. The minimum atomic E-state index is -0.549. The zero-order valence-corrected chi connectivity index (χ0v) is 15.5. The van der Waals surface area contributed by atoms with E-state index in [1.807, 2.05) is 60.4 Å². The van der Waals surface area contributed by atoms with Crippen LogP contribution in [0.1, 0.15) is 31.0 Å². The molecule has 1 aliphatic rings. The van der Waals surface area contributed by atoms with E-state index in [0.717, 1.165) is 27.6 Å². The lowest BCUT2D eigenvalue weighted by Gasteiger charge is -2.39. The number of carbonyl (C=O) groups excluding carboxylic acids is 2. The van der Waals surface area contributed by atoms with Crippen molar-refractivity contribution < 1.29 is 9.59 Å². The molecule has 4 rings (SSSR count). The van der Waals surface area contributed by atoms with Crippen molar-refractivity contribution in [1.82, 2.24) is 5.32 Å². The summed E-state index contributed by atoms with van der Waals surface area (Å²) in [7, 11) is 0. The molecule has 1 N–H and O–H groups in total. The first kappa shape index (κ1) is 17.3. The highest BCUT2D eigenvalue weighted by Crippen LogP contribution is 2.38. The van der Waals surface area contributed by atoms with Gasteiger partial charge in [-0.25, -0.2) is 0 Å². The molecule has 0 fully saturated rings. The quantitative estimate of drug-likeness (QED) is 0.769. The van der Waals surface area contributed by atoms with Gasteiger partial charge in [-0.1, -0.05) is 60.7 Å². The Morgan fingerprint density at radius 1 is 1.04 bits per heavy atom. The summed E-state index contributed by atoms with van der Waals surface area (Å²) >= 11 is 0. The number of fused-ring (bicyclic) bond motifs is 3. The number of amides is 2. The molecule has 0 aromatic heterocycles. The van der Waals surface area contributed by atoms with E-state index in [2.05, 4.69) is 23.5 Å². The van der Waals surface area contributed by atoms with Crippen LogP contribution in [0.3, 0.4) is 0 Å². The molecule has 1 heterocycles. The first-order valence-corrected chi connectivity index (χ1v) is 9.22. The molecule has 136 valence electrons. The van der Waals surface area contributed by atoms with E-state index >= 15 is 0 Å². The molecule has 0 saturated carbocycles. The second kappa shape index (κ2) is 6.88. The predicted molar refractivity (Wildman–Crippen MR) is 108 cm³/mol. The number of nitrogens with one attached hydrogen (secondary N) is 1. The van der Waals surface area contributed by atoms with Crippen molar-refractivity contribution in [3.8, 4) is 0 Å². The van der Waals surface area contributed by atoms with Crippen LogP contribution in [-0.2, 0) is 16.0 Å². The molecule has 4 nitrogen and oxygen atoms in total. The number of rotatable bonds is 3. The first-order chi connectivity index (χ1) is 13.1. The third-order valence-corrected chi connectivity index (χ3v) is 5.27. The van der Waals surface area contributed by atoms with Crippen molar-refractivity contribution in [2.45, 2.75) is 32.4 Å². The van der Waals surface area contributed by atoms with Gasteiger partial charge in [0.05, 0.1) is 6.04 Å². The zero-order valence-electron chi connectivity index (χ0n) is 15.5. The van der Waals surface area contributed by atoms with Gasteiger partial charge >= 0.3 is 0 Å². The molecule has 2 atom stereocenters. The molecule has 3 aromatic carbocycles. The number of benzene rings is 3. The normalized spacial score (nSPS) is 17.5. The van der Waals surface area contributed by atoms with Crippen molar-refractivity contribution >= 4 is 28.3 Å². The Balaban J connectivity index is 1.88. The molecule has 0 aliphatic carbocycles. The van der Waals surface area contributed by atoms with Gasteiger partial charge in [-0.2, -0.15) is 0 Å². The fraction of sp³-hybridized carbons (Fsp3) is 0.217. The summed E-state index contributed by atoms with van der Waals surface area (Å²) in [6.07, 6.45) is 0.507. The summed E-state index contributed by atoms with van der Waals surface area (Å²) < 4.78 is 0. The minimum absolute atomic E-state index is 0.0654. The van der Waals surface area contributed by atoms with Crippen LogP contribution in [0.4, 0.5) is 5.69 Å². The average Bonchev–Trinajstić information content (AvgIpc) is 2.68. The highest BCUT2D eigenvalue weighted by Gasteiger charge is 2.37. The van der Waals surface area contributed by atoms with Crippen LogP contribution in [0.2, 0.25) is 0 Å². The summed E-state index contributed by atoms with van der Waals surface area (Å²) in [4.78, 5) is 26.8. The predicted octanol–water partition coefficient (Wildman–Crippen LogP) is 3.99. The molecule has 0 bridgehead atoms. The summed E-state index contributed by atoms with van der Waals surface area (Å²) in [5.74, 6) is -0.256. The van der Waals surface area contributed by atoms with Crippen LogP contribution in [-0.4, -0.2) is 17.9 Å². The van der Waals surface area contributed by atoms with E-state index in [4.69, 9.17) is 0 Å². The topological polar surface area (TPSA) is 49.4 Å². The van der Waals surface area contributed by atoms with Gasteiger partial charge in [-0.3, -0.25) is 9.59 Å². The Labute approximate surface area is 158 Å². The van der Waals surface area contributed by atoms with Gasteiger partial charge in [0.1, 0.15) is 6.04 Å². The van der Waals surface area contributed by atoms with E-state index in [1.54, 1.807) is 0 Å². The van der Waals surface area contributed by atoms with E-state index in [1.165, 1.54) is 6.92 Å². The van der Waals surface area contributed by atoms with Crippen molar-refractivity contribution in [1.29, 1.82) is 0 Å². The Morgan fingerprint density at radius 2 is 1.74 bits per heavy atom. The minimum Gasteiger partial charge on any atom is -0.344 e. The Hall–Kier alpha value is -3.14. The van der Waals surface area contributed by atoms with Crippen LogP contribution in [0, 0.1) is 0 Å². The molecular weight excluding hydrogens is 336 g/mol. The van der Waals surface area contributed by atoms with Crippen molar-refractivity contribution in [2.75, 3.05) is 4.90 Å². The maximum absolute atomic E-state index is 13.3. The van der Waals surface area contributed by atoms with Gasteiger partial charge in [0.25, 0.3) is 0 Å². The van der Waals surface area contributed by atoms with Crippen molar-refractivity contribution in [3.63, 3.8) is 0 Å². The van der Waals surface area contributed by atoms with Gasteiger partial charge in [0.2, 0.25) is 11.8 Å². The molecule has 0 spiro atoms. The van der Waals surface area contributed by atoms with E-state index in [0.29, 0.717) is 6.42 Å². The number of anilines is 1. The SMILES string of the molecule is CC(=O)N[C@H]1Cc2c(ccc3ccccc23)N([C@@H](C)c2ccccc2)C1=O. The van der Waals surface area contributed by atoms with Gasteiger partial charge in [-0.15, -0.1) is 0 Å². The van der Waals surface area contributed by atoms with Crippen LogP contribution in [0.5, 0.6) is 0 Å². The molecule has 1 aliphatic heterocycles. The Bertz CT molecular complexity index is 1010. The molecule has 0 saturated heterocycles. The lowest BCUT2D eigenvalue weighted by atomic mass is 9.90. The molecule has 27 heavy (non-hydrogen) atoms. The maximum atomic E-state index is 13.3. The standard InChI is InChI=1S/C23H22N2O2/c1-15(17-8-4-3-5-9-17)25-22-13-12-18-10-6-7-11-19(18)20(22)14-21(23(25)27)24-16(2)26/h3-13,15,21H,14H2,1-2H3,(H,24,26)/t15-,21-/m0/s1. The molecule has 4 heteroatoms. The van der Waals surface area contributed by atoms with Crippen LogP contribution < -0.4 is 10.2 Å². The monoisotopic (exact) mass is 358 g/mol. The number of nitrogens with zero attached hydrogens (tertiary/aromatic N) is 1. The van der Waals surface area contributed by atoms with Crippen LogP contribution in [0.25, 0.3) is 10.8 Å². The zero-order chi connectivity index (χ0) is 19.0. The average molecular weight is 358 g/mol. The fourth-order valence-corrected chi connectivity index (χ4v) is 3.98. The smallest absolute Gasteiger partial charge is 0.250 e. The second-order valence-electron chi connectivity index (χ2n) is 7.04. The summed E-state index contributed by atoms with van der Waals surface area (Å²) in [5.41, 5.74) is 3.10. The first-order valence-electron chi connectivity index (χ1n) is 9.22. The van der Waals surface area contributed by atoms with Crippen LogP contribution in [0.15, 0.2) is 66.7 Å². The van der Waals surface area contributed by atoms with Crippen molar-refractivity contribution in [2.24, 2.45) is 0 Å². The van der Waals surface area contributed by atoms with Gasteiger partial charge in [0, 0.05) is 19.0 Å². The number of hydrogen-bond donors (Lipinski definition) is 1. The Morgan fingerprint density at radius 3 is 2.48 bits per heavy atom. The molecular formula is C23H22N2O2. The second-order valence-corrected chi connectivity index (χ2v) is 7.04. The van der Waals surface area contributed by atoms with Gasteiger partial charge in [0.15, 0.2) is 0 Å². The van der Waals surface area contributed by atoms with E-state index in [-0.39, 0.29) is 17.9 Å². The van der Waals surface area contributed by atoms with Crippen LogP contribution >= 0.6 is 0 Å². The molecule has 0 unspecified atom stereocenters. The summed E-state index contributed by atoms with van der Waals surface area (Å²) in [6.45, 7) is 3.49. The summed E-state index contributed by atoms with van der Waals surface area (Å²) in [6, 6.07) is 21.6. The number of carbonyl (C=O) groups is 2. The molecule has 0 radical (unpaired) electrons. The van der Waals surface area contributed by atoms with Crippen molar-refractivity contribution in [3.05, 3.63) is 77.9 Å². The Kier molecular flexibility index (Phi) is 4.40. The molecule has 2 amide bonds. The lowest BCUT2D eigenvalue weighted by Crippen LogP contribution is -2.53. The van der Waals surface area contributed by atoms with E-state index < -0.39 is 6.04 Å².